The number of hydrogen-bond acceptors (Lipinski definition) is 5. The van der Waals surface area contributed by atoms with Gasteiger partial charge in [0, 0.05) is 19.3 Å². The summed E-state index contributed by atoms with van der Waals surface area (Å²) in [5, 5.41) is 11.7. The van der Waals surface area contributed by atoms with E-state index in [-0.39, 0.29) is 17.3 Å². The van der Waals surface area contributed by atoms with Gasteiger partial charge in [0.1, 0.15) is 5.69 Å². The highest BCUT2D eigenvalue weighted by atomic mass is 16.5. The fraction of sp³-hybridized carbons (Fsp3) is 0.385. The average molecular weight is 293 g/mol. The molecule has 0 bridgehead atoms. The van der Waals surface area contributed by atoms with Crippen molar-refractivity contribution in [2.75, 3.05) is 20.2 Å². The fourth-order valence-corrected chi connectivity index (χ4v) is 2.19. The van der Waals surface area contributed by atoms with Gasteiger partial charge in [0.2, 0.25) is 0 Å². The van der Waals surface area contributed by atoms with Crippen molar-refractivity contribution >= 4 is 18.0 Å². The number of carbonyl (C=O) groups is 3. The lowest BCUT2D eigenvalue weighted by atomic mass is 10.2. The van der Waals surface area contributed by atoms with Gasteiger partial charge < -0.3 is 20.1 Å². The number of pyridine rings is 1. The summed E-state index contributed by atoms with van der Waals surface area (Å²) in [4.78, 5) is 39.9. The van der Waals surface area contributed by atoms with E-state index >= 15 is 0 Å². The first-order chi connectivity index (χ1) is 10.0. The molecule has 0 saturated carbocycles. The molecule has 1 aliphatic heterocycles. The Hall–Kier alpha value is -2.64. The summed E-state index contributed by atoms with van der Waals surface area (Å²) in [6, 6.07) is 2.59. The number of amides is 2. The van der Waals surface area contributed by atoms with Crippen LogP contribution < -0.4 is 5.32 Å². The molecule has 1 atom stereocenters. The molecule has 0 aliphatic carbocycles. The van der Waals surface area contributed by atoms with Gasteiger partial charge in [0.05, 0.1) is 18.7 Å². The first-order valence-electron chi connectivity index (χ1n) is 6.35. The van der Waals surface area contributed by atoms with E-state index in [0.29, 0.717) is 19.5 Å². The normalized spacial score (nSPS) is 17.4. The molecule has 1 aromatic rings. The maximum atomic E-state index is 12.3. The lowest BCUT2D eigenvalue weighted by Gasteiger charge is -2.17. The Morgan fingerprint density at radius 1 is 1.48 bits per heavy atom. The van der Waals surface area contributed by atoms with Crippen LogP contribution in [-0.2, 0) is 4.74 Å². The predicted octanol–water partition coefficient (Wildman–Crippen LogP) is 0.350. The number of aromatic carboxylic acids is 1. The highest BCUT2D eigenvalue weighted by molar-refractivity contribution is 6.03. The second-order valence-electron chi connectivity index (χ2n) is 4.58. The van der Waals surface area contributed by atoms with E-state index in [4.69, 9.17) is 5.11 Å². The number of hydrogen-bond donors (Lipinski definition) is 2. The minimum absolute atomic E-state index is 0.0938. The van der Waals surface area contributed by atoms with E-state index in [1.54, 1.807) is 0 Å². The van der Waals surface area contributed by atoms with Crippen molar-refractivity contribution in [2.24, 2.45) is 0 Å². The number of rotatable bonds is 3. The number of carbonyl (C=O) groups excluding carboxylic acids is 2. The molecule has 1 unspecified atom stereocenters. The van der Waals surface area contributed by atoms with Crippen LogP contribution in [0.25, 0.3) is 0 Å². The summed E-state index contributed by atoms with van der Waals surface area (Å²) >= 11 is 0. The fourth-order valence-electron chi connectivity index (χ4n) is 2.19. The number of nitrogens with one attached hydrogen (secondary N) is 1. The zero-order valence-electron chi connectivity index (χ0n) is 11.4. The first kappa shape index (κ1) is 14.8. The van der Waals surface area contributed by atoms with Gasteiger partial charge in [0.15, 0.2) is 0 Å². The molecule has 1 saturated heterocycles. The Balaban J connectivity index is 2.09. The molecular weight excluding hydrogens is 278 g/mol. The summed E-state index contributed by atoms with van der Waals surface area (Å²) in [7, 11) is 1.26. The first-order valence-corrected chi connectivity index (χ1v) is 6.35. The second-order valence-corrected chi connectivity index (χ2v) is 4.58. The van der Waals surface area contributed by atoms with Crippen molar-refractivity contribution < 1.29 is 24.2 Å². The van der Waals surface area contributed by atoms with E-state index in [2.05, 4.69) is 15.0 Å². The maximum absolute atomic E-state index is 12.3. The third-order valence-electron chi connectivity index (χ3n) is 3.22. The molecule has 0 aromatic carbocycles. The zero-order chi connectivity index (χ0) is 15.4. The molecule has 1 fully saturated rings. The lowest BCUT2D eigenvalue weighted by molar-refractivity contribution is 0.0678. The van der Waals surface area contributed by atoms with Crippen LogP contribution in [0.3, 0.4) is 0 Å². The summed E-state index contributed by atoms with van der Waals surface area (Å²) in [6.45, 7) is 0.715. The topological polar surface area (TPSA) is 109 Å². The van der Waals surface area contributed by atoms with Crippen molar-refractivity contribution in [2.45, 2.75) is 12.5 Å². The minimum atomic E-state index is -1.20. The van der Waals surface area contributed by atoms with Gasteiger partial charge in [-0.05, 0) is 18.6 Å². The van der Waals surface area contributed by atoms with E-state index < -0.39 is 18.0 Å². The Kier molecular flexibility index (Phi) is 4.36. The van der Waals surface area contributed by atoms with Crippen LogP contribution in [0.2, 0.25) is 0 Å². The largest absolute Gasteiger partial charge is 0.478 e. The van der Waals surface area contributed by atoms with Crippen molar-refractivity contribution in [1.29, 1.82) is 0 Å². The van der Waals surface area contributed by atoms with E-state index in [0.717, 1.165) is 0 Å². The number of likely N-dealkylation sites (tertiary alicyclic amines) is 1. The number of nitrogens with zero attached hydrogens (tertiary/aromatic N) is 2. The van der Waals surface area contributed by atoms with Crippen molar-refractivity contribution in [3.8, 4) is 0 Å². The standard InChI is InChI=1S/C13H15N3O5/c1-21-13(20)15-8-4-6-16(7-8)11(17)10-9(12(18)19)3-2-5-14-10/h2-3,5,8H,4,6-7H2,1H3,(H,15,20)(H,18,19). The highest BCUT2D eigenvalue weighted by Gasteiger charge is 2.30. The second kappa shape index (κ2) is 6.21. The molecule has 1 aromatic heterocycles. The minimum Gasteiger partial charge on any atom is -0.478 e. The van der Waals surface area contributed by atoms with Crippen molar-refractivity contribution in [1.82, 2.24) is 15.2 Å². The molecule has 0 spiro atoms. The van der Waals surface area contributed by atoms with Gasteiger partial charge in [-0.25, -0.2) is 9.59 Å². The van der Waals surface area contributed by atoms with Crippen LogP contribution in [0.1, 0.15) is 27.3 Å². The molecule has 1 aliphatic rings. The number of carboxylic acids is 1. The Bertz CT molecular complexity index is 575. The van der Waals surface area contributed by atoms with Crippen LogP contribution in [0.5, 0.6) is 0 Å². The van der Waals surface area contributed by atoms with Gasteiger partial charge in [-0.1, -0.05) is 0 Å². The molecule has 2 amide bonds. The van der Waals surface area contributed by atoms with Gasteiger partial charge in [-0.15, -0.1) is 0 Å². The van der Waals surface area contributed by atoms with Crippen LogP contribution in [0.4, 0.5) is 4.79 Å². The van der Waals surface area contributed by atoms with Gasteiger partial charge in [0.25, 0.3) is 5.91 Å². The average Bonchev–Trinajstić information content (AvgIpc) is 2.94. The molecule has 8 nitrogen and oxygen atoms in total. The zero-order valence-corrected chi connectivity index (χ0v) is 11.4. The van der Waals surface area contributed by atoms with E-state index in [9.17, 15) is 14.4 Å². The van der Waals surface area contributed by atoms with Gasteiger partial charge >= 0.3 is 12.1 Å². The van der Waals surface area contributed by atoms with Gasteiger partial charge in [-0.2, -0.15) is 0 Å². The summed E-state index contributed by atoms with van der Waals surface area (Å²) in [6.07, 6.45) is 1.40. The molecular formula is C13H15N3O5. The smallest absolute Gasteiger partial charge is 0.407 e. The number of methoxy groups -OCH3 is 1. The Morgan fingerprint density at radius 3 is 2.90 bits per heavy atom. The monoisotopic (exact) mass is 293 g/mol. The van der Waals surface area contributed by atoms with Crippen molar-refractivity contribution in [3.05, 3.63) is 29.6 Å². The van der Waals surface area contributed by atoms with Gasteiger partial charge in [-0.3, -0.25) is 9.78 Å². The lowest BCUT2D eigenvalue weighted by Crippen LogP contribution is -2.38. The van der Waals surface area contributed by atoms with E-state index in [1.807, 2.05) is 0 Å². The van der Waals surface area contributed by atoms with Crippen LogP contribution >= 0.6 is 0 Å². The van der Waals surface area contributed by atoms with Crippen LogP contribution in [0.15, 0.2) is 18.3 Å². The summed E-state index contributed by atoms with van der Waals surface area (Å²) < 4.78 is 4.50. The number of carboxylic acid groups (broad SMARTS) is 1. The molecule has 2 heterocycles. The third-order valence-corrected chi connectivity index (χ3v) is 3.22. The van der Waals surface area contributed by atoms with Crippen LogP contribution in [0, 0.1) is 0 Å². The molecule has 8 heteroatoms. The third kappa shape index (κ3) is 3.28. The highest BCUT2D eigenvalue weighted by Crippen LogP contribution is 2.15. The molecule has 0 radical (unpaired) electrons. The maximum Gasteiger partial charge on any atom is 0.407 e. The summed E-state index contributed by atoms with van der Waals surface area (Å²) in [5.74, 6) is -1.66. The Morgan fingerprint density at radius 2 is 2.24 bits per heavy atom. The molecule has 112 valence electrons. The number of alkyl carbamates (subject to hydrolysis) is 1. The molecule has 21 heavy (non-hydrogen) atoms. The number of aromatic nitrogens is 1. The molecule has 2 N–H and O–H groups in total. The quantitative estimate of drug-likeness (QED) is 0.832. The van der Waals surface area contributed by atoms with Crippen LogP contribution in [-0.4, -0.2) is 59.2 Å². The molecule has 2 rings (SSSR count). The SMILES string of the molecule is COC(=O)NC1CCN(C(=O)c2ncccc2C(=O)O)C1. The van der Waals surface area contributed by atoms with E-state index in [1.165, 1.54) is 30.3 Å². The number of ether oxygens (including phenoxy) is 1. The predicted molar refractivity (Wildman–Crippen MR) is 71.0 cm³/mol. The Labute approximate surface area is 120 Å². The van der Waals surface area contributed by atoms with Crippen molar-refractivity contribution in [3.63, 3.8) is 0 Å². The summed E-state index contributed by atoms with van der Waals surface area (Å²) in [5.41, 5.74) is -0.226.